The summed E-state index contributed by atoms with van der Waals surface area (Å²) >= 11 is 5.93. The molecule has 0 unspecified atom stereocenters. The lowest BCUT2D eigenvalue weighted by Crippen LogP contribution is -2.19. The number of para-hydroxylation sites is 1. The molecule has 6 heteroatoms. The van der Waals surface area contributed by atoms with Gasteiger partial charge in [0.05, 0.1) is 10.7 Å². The number of halogens is 1. The minimum absolute atomic E-state index is 0.378. The fourth-order valence-corrected chi connectivity index (χ4v) is 1.62. The van der Waals surface area contributed by atoms with Crippen molar-refractivity contribution in [2.45, 2.75) is 13.3 Å². The van der Waals surface area contributed by atoms with E-state index < -0.39 is 0 Å². The SMILES string of the molecule is CCc1cc(NC(=O)Nc2ccccc2Cl)n[nH]1. The number of carbonyl (C=O) groups excluding carboxylic acids is 1. The molecule has 0 saturated heterocycles. The predicted octanol–water partition coefficient (Wildman–Crippen LogP) is 3.27. The first-order valence-electron chi connectivity index (χ1n) is 5.56. The number of urea groups is 1. The number of anilines is 2. The molecule has 0 radical (unpaired) electrons. The number of benzene rings is 1. The number of nitrogens with zero attached hydrogens (tertiary/aromatic N) is 1. The number of amides is 2. The van der Waals surface area contributed by atoms with Crippen LogP contribution in [0.15, 0.2) is 30.3 Å². The summed E-state index contributed by atoms with van der Waals surface area (Å²) in [6.07, 6.45) is 0.834. The van der Waals surface area contributed by atoms with Crippen molar-refractivity contribution in [1.29, 1.82) is 0 Å². The third kappa shape index (κ3) is 3.01. The zero-order valence-corrected chi connectivity index (χ0v) is 10.6. The van der Waals surface area contributed by atoms with Crippen LogP contribution in [-0.2, 0) is 6.42 Å². The Kier molecular flexibility index (Phi) is 3.84. The minimum Gasteiger partial charge on any atom is -0.306 e. The van der Waals surface area contributed by atoms with Crippen LogP contribution in [-0.4, -0.2) is 16.2 Å². The molecule has 0 atom stereocenters. The quantitative estimate of drug-likeness (QED) is 0.796. The molecule has 3 N–H and O–H groups in total. The van der Waals surface area contributed by atoms with Crippen molar-refractivity contribution in [3.05, 3.63) is 41.0 Å². The Morgan fingerprint density at radius 1 is 1.39 bits per heavy atom. The van der Waals surface area contributed by atoms with E-state index in [0.717, 1.165) is 12.1 Å². The first kappa shape index (κ1) is 12.4. The van der Waals surface area contributed by atoms with Gasteiger partial charge in [0.2, 0.25) is 0 Å². The normalized spacial score (nSPS) is 10.1. The lowest BCUT2D eigenvalue weighted by Gasteiger charge is -2.06. The Morgan fingerprint density at radius 3 is 2.83 bits per heavy atom. The van der Waals surface area contributed by atoms with E-state index in [9.17, 15) is 4.79 Å². The zero-order chi connectivity index (χ0) is 13.0. The number of aromatic amines is 1. The van der Waals surface area contributed by atoms with Crippen molar-refractivity contribution in [2.24, 2.45) is 0 Å². The Labute approximate surface area is 110 Å². The highest BCUT2D eigenvalue weighted by Gasteiger charge is 2.07. The van der Waals surface area contributed by atoms with Crippen molar-refractivity contribution >= 4 is 29.1 Å². The van der Waals surface area contributed by atoms with Gasteiger partial charge in [-0.3, -0.25) is 10.4 Å². The summed E-state index contributed by atoms with van der Waals surface area (Å²) < 4.78 is 0. The average Bonchev–Trinajstić information content (AvgIpc) is 2.80. The highest BCUT2D eigenvalue weighted by atomic mass is 35.5. The predicted molar refractivity (Wildman–Crippen MR) is 72.1 cm³/mol. The van der Waals surface area contributed by atoms with E-state index in [0.29, 0.717) is 16.5 Å². The van der Waals surface area contributed by atoms with Crippen LogP contribution in [0.2, 0.25) is 5.02 Å². The van der Waals surface area contributed by atoms with Crippen molar-refractivity contribution < 1.29 is 4.79 Å². The van der Waals surface area contributed by atoms with Crippen molar-refractivity contribution in [3.63, 3.8) is 0 Å². The fraction of sp³-hybridized carbons (Fsp3) is 0.167. The van der Waals surface area contributed by atoms with Gasteiger partial charge in [-0.15, -0.1) is 0 Å². The van der Waals surface area contributed by atoms with E-state index in [-0.39, 0.29) is 6.03 Å². The molecular formula is C12H13ClN4O. The maximum atomic E-state index is 11.7. The standard InChI is InChI=1S/C12H13ClN4O/c1-2-8-7-11(17-16-8)15-12(18)14-10-6-4-3-5-9(10)13/h3-7H,2H2,1H3,(H3,14,15,16,17,18). The third-order valence-corrected chi connectivity index (χ3v) is 2.71. The molecule has 2 rings (SSSR count). The molecular weight excluding hydrogens is 252 g/mol. The van der Waals surface area contributed by atoms with Crippen LogP contribution in [0.5, 0.6) is 0 Å². The molecule has 0 fully saturated rings. The van der Waals surface area contributed by atoms with Crippen LogP contribution in [0.4, 0.5) is 16.3 Å². The topological polar surface area (TPSA) is 69.8 Å². The van der Waals surface area contributed by atoms with Crippen molar-refractivity contribution in [1.82, 2.24) is 10.2 Å². The minimum atomic E-state index is -0.378. The largest absolute Gasteiger partial charge is 0.324 e. The van der Waals surface area contributed by atoms with E-state index in [1.807, 2.05) is 6.92 Å². The summed E-state index contributed by atoms with van der Waals surface area (Å²) in [7, 11) is 0. The number of carbonyl (C=O) groups is 1. The number of hydrogen-bond donors (Lipinski definition) is 3. The van der Waals surface area contributed by atoms with Gasteiger partial charge in [0, 0.05) is 11.8 Å². The molecule has 94 valence electrons. The zero-order valence-electron chi connectivity index (χ0n) is 9.83. The molecule has 0 aliphatic heterocycles. The lowest BCUT2D eigenvalue weighted by molar-refractivity contribution is 0.262. The third-order valence-electron chi connectivity index (χ3n) is 2.38. The van der Waals surface area contributed by atoms with Gasteiger partial charge in [-0.05, 0) is 18.6 Å². The first-order chi connectivity index (χ1) is 8.69. The van der Waals surface area contributed by atoms with Gasteiger partial charge in [-0.25, -0.2) is 4.79 Å². The lowest BCUT2D eigenvalue weighted by atomic mass is 10.3. The Morgan fingerprint density at radius 2 is 2.17 bits per heavy atom. The van der Waals surface area contributed by atoms with E-state index in [4.69, 9.17) is 11.6 Å². The van der Waals surface area contributed by atoms with Crippen LogP contribution in [0.1, 0.15) is 12.6 Å². The number of hydrogen-bond acceptors (Lipinski definition) is 2. The highest BCUT2D eigenvalue weighted by molar-refractivity contribution is 6.33. The molecule has 1 aromatic carbocycles. The molecule has 1 aromatic heterocycles. The molecule has 0 aliphatic carbocycles. The molecule has 0 spiro atoms. The summed E-state index contributed by atoms with van der Waals surface area (Å²) in [5, 5.41) is 12.5. The number of aryl methyl sites for hydroxylation is 1. The van der Waals surface area contributed by atoms with E-state index in [1.165, 1.54) is 0 Å². The Hall–Kier alpha value is -2.01. The van der Waals surface area contributed by atoms with E-state index in [1.54, 1.807) is 30.3 Å². The fourth-order valence-electron chi connectivity index (χ4n) is 1.44. The smallest absolute Gasteiger partial charge is 0.306 e. The summed E-state index contributed by atoms with van der Waals surface area (Å²) in [4.78, 5) is 11.7. The summed E-state index contributed by atoms with van der Waals surface area (Å²) in [6, 6.07) is 8.44. The van der Waals surface area contributed by atoms with Gasteiger partial charge in [-0.2, -0.15) is 5.10 Å². The Bertz CT molecular complexity index is 553. The maximum absolute atomic E-state index is 11.7. The van der Waals surface area contributed by atoms with Gasteiger partial charge < -0.3 is 5.32 Å². The van der Waals surface area contributed by atoms with Crippen molar-refractivity contribution in [3.8, 4) is 0 Å². The molecule has 0 aliphatic rings. The summed E-state index contributed by atoms with van der Waals surface area (Å²) in [5.41, 5.74) is 1.52. The maximum Gasteiger partial charge on any atom is 0.324 e. The van der Waals surface area contributed by atoms with Gasteiger partial charge in [0.25, 0.3) is 0 Å². The average molecular weight is 265 g/mol. The molecule has 2 amide bonds. The molecule has 2 aromatic rings. The van der Waals surface area contributed by atoms with Crippen LogP contribution >= 0.6 is 11.6 Å². The van der Waals surface area contributed by atoms with Crippen LogP contribution < -0.4 is 10.6 Å². The van der Waals surface area contributed by atoms with Crippen LogP contribution in [0, 0.1) is 0 Å². The number of H-pyrrole nitrogens is 1. The summed E-state index contributed by atoms with van der Waals surface area (Å²) in [5.74, 6) is 0.483. The molecule has 18 heavy (non-hydrogen) atoms. The first-order valence-corrected chi connectivity index (χ1v) is 5.93. The van der Waals surface area contributed by atoms with Crippen LogP contribution in [0.3, 0.4) is 0 Å². The number of aromatic nitrogens is 2. The van der Waals surface area contributed by atoms with E-state index >= 15 is 0 Å². The molecule has 0 bridgehead atoms. The van der Waals surface area contributed by atoms with Gasteiger partial charge in [0.1, 0.15) is 0 Å². The molecule has 1 heterocycles. The van der Waals surface area contributed by atoms with E-state index in [2.05, 4.69) is 20.8 Å². The summed E-state index contributed by atoms with van der Waals surface area (Å²) in [6.45, 7) is 2.00. The highest BCUT2D eigenvalue weighted by Crippen LogP contribution is 2.20. The number of nitrogens with one attached hydrogen (secondary N) is 3. The monoisotopic (exact) mass is 264 g/mol. The molecule has 5 nitrogen and oxygen atoms in total. The number of rotatable bonds is 3. The van der Waals surface area contributed by atoms with Crippen molar-refractivity contribution in [2.75, 3.05) is 10.6 Å². The Balaban J connectivity index is 1.99. The van der Waals surface area contributed by atoms with Gasteiger partial charge >= 0.3 is 6.03 Å². The second-order valence-corrected chi connectivity index (χ2v) is 4.10. The second-order valence-electron chi connectivity index (χ2n) is 3.69. The van der Waals surface area contributed by atoms with Gasteiger partial charge in [-0.1, -0.05) is 30.7 Å². The van der Waals surface area contributed by atoms with Gasteiger partial charge in [0.15, 0.2) is 5.82 Å². The second kappa shape index (κ2) is 5.55. The molecule has 0 saturated carbocycles. The van der Waals surface area contributed by atoms with Crippen LogP contribution in [0.25, 0.3) is 0 Å².